The molecular weight excluding hydrogens is 250 g/mol. The molecule has 2 saturated carbocycles. The molecule has 2 heterocycles. The van der Waals surface area contributed by atoms with E-state index in [0.717, 1.165) is 28.4 Å². The molecule has 20 heavy (non-hydrogen) atoms. The van der Waals surface area contributed by atoms with Crippen LogP contribution in [0.25, 0.3) is 11.0 Å². The number of amides is 1. The first kappa shape index (κ1) is 11.9. The van der Waals surface area contributed by atoms with E-state index in [2.05, 4.69) is 9.97 Å². The second kappa shape index (κ2) is 4.33. The zero-order chi connectivity index (χ0) is 13.7. The molecule has 2 aliphatic rings. The first-order valence-electron chi connectivity index (χ1n) is 7.45. The maximum absolute atomic E-state index is 12.8. The smallest absolute Gasteiger partial charge is 0.256 e. The van der Waals surface area contributed by atoms with Gasteiger partial charge in [-0.1, -0.05) is 0 Å². The number of aromatic amines is 1. The van der Waals surface area contributed by atoms with Crippen molar-refractivity contribution in [1.29, 1.82) is 0 Å². The number of pyridine rings is 1. The normalized spacial score (nSPS) is 18.7. The Hall–Kier alpha value is -1.84. The minimum absolute atomic E-state index is 0.132. The van der Waals surface area contributed by atoms with Crippen molar-refractivity contribution in [3.8, 4) is 0 Å². The van der Waals surface area contributed by atoms with Crippen LogP contribution in [0.3, 0.4) is 0 Å². The average Bonchev–Trinajstić information content (AvgIpc) is 3.38. The summed E-state index contributed by atoms with van der Waals surface area (Å²) < 4.78 is 0. The quantitative estimate of drug-likeness (QED) is 0.927. The van der Waals surface area contributed by atoms with Crippen molar-refractivity contribution in [2.24, 2.45) is 11.8 Å². The van der Waals surface area contributed by atoms with Crippen molar-refractivity contribution in [1.82, 2.24) is 14.9 Å². The van der Waals surface area contributed by atoms with E-state index in [4.69, 9.17) is 0 Å². The highest BCUT2D eigenvalue weighted by molar-refractivity contribution is 6.05. The third-order valence-corrected chi connectivity index (χ3v) is 4.66. The molecule has 0 unspecified atom stereocenters. The van der Waals surface area contributed by atoms with Crippen molar-refractivity contribution in [2.45, 2.75) is 31.7 Å². The Morgan fingerprint density at radius 1 is 1.35 bits per heavy atom. The van der Waals surface area contributed by atoms with E-state index in [1.807, 2.05) is 24.1 Å². The van der Waals surface area contributed by atoms with Gasteiger partial charge in [-0.2, -0.15) is 0 Å². The van der Waals surface area contributed by atoms with Crippen LogP contribution in [0.4, 0.5) is 0 Å². The molecule has 0 radical (unpaired) electrons. The van der Waals surface area contributed by atoms with Crippen LogP contribution in [0.15, 0.2) is 24.5 Å². The summed E-state index contributed by atoms with van der Waals surface area (Å²) in [5.74, 6) is 1.60. The zero-order valence-corrected chi connectivity index (χ0v) is 11.7. The van der Waals surface area contributed by atoms with E-state index < -0.39 is 0 Å². The molecule has 4 heteroatoms. The summed E-state index contributed by atoms with van der Waals surface area (Å²) in [5, 5.41) is 0.926. The standard InChI is InChI=1S/C16H19N3O/c1-19(14(10-4-5-10)11-6-7-11)16(20)13-9-18-15-12(13)3-2-8-17-15/h2-3,8-11,14H,4-7H2,1H3,(H,17,18). The highest BCUT2D eigenvalue weighted by atomic mass is 16.2. The van der Waals surface area contributed by atoms with Crippen LogP contribution in [0, 0.1) is 11.8 Å². The predicted octanol–water partition coefficient (Wildman–Crippen LogP) is 2.82. The molecule has 0 aromatic carbocycles. The van der Waals surface area contributed by atoms with Gasteiger partial charge in [-0.15, -0.1) is 0 Å². The molecule has 1 amide bonds. The monoisotopic (exact) mass is 269 g/mol. The maximum Gasteiger partial charge on any atom is 0.256 e. The lowest BCUT2D eigenvalue weighted by Gasteiger charge is -2.28. The van der Waals surface area contributed by atoms with Gasteiger partial charge in [-0.3, -0.25) is 4.79 Å². The minimum atomic E-state index is 0.132. The van der Waals surface area contributed by atoms with E-state index >= 15 is 0 Å². The van der Waals surface area contributed by atoms with Gasteiger partial charge in [0, 0.05) is 30.9 Å². The van der Waals surface area contributed by atoms with Crippen LogP contribution < -0.4 is 0 Å². The summed E-state index contributed by atoms with van der Waals surface area (Å²) >= 11 is 0. The van der Waals surface area contributed by atoms with Crippen molar-refractivity contribution in [2.75, 3.05) is 7.05 Å². The molecule has 104 valence electrons. The van der Waals surface area contributed by atoms with E-state index in [-0.39, 0.29) is 5.91 Å². The molecule has 4 nitrogen and oxygen atoms in total. The van der Waals surface area contributed by atoms with Crippen LogP contribution in [0.1, 0.15) is 36.0 Å². The molecule has 0 spiro atoms. The largest absolute Gasteiger partial charge is 0.345 e. The third-order valence-electron chi connectivity index (χ3n) is 4.66. The van der Waals surface area contributed by atoms with Gasteiger partial charge in [-0.05, 0) is 49.7 Å². The molecule has 2 aromatic rings. The van der Waals surface area contributed by atoms with Crippen LogP contribution >= 0.6 is 0 Å². The SMILES string of the molecule is CN(C(=O)c1c[nH]c2ncccc12)C(C1CC1)C1CC1. The predicted molar refractivity (Wildman–Crippen MR) is 77.4 cm³/mol. The Kier molecular flexibility index (Phi) is 2.59. The van der Waals surface area contributed by atoms with Crippen molar-refractivity contribution < 1.29 is 4.79 Å². The fourth-order valence-corrected chi connectivity index (χ4v) is 3.35. The minimum Gasteiger partial charge on any atom is -0.345 e. The molecule has 0 saturated heterocycles. The lowest BCUT2D eigenvalue weighted by atomic mass is 10.0. The number of carbonyl (C=O) groups is 1. The number of nitrogens with one attached hydrogen (secondary N) is 1. The fourth-order valence-electron chi connectivity index (χ4n) is 3.35. The van der Waals surface area contributed by atoms with Crippen molar-refractivity contribution >= 4 is 16.9 Å². The third kappa shape index (κ3) is 1.90. The van der Waals surface area contributed by atoms with Gasteiger partial charge in [0.15, 0.2) is 0 Å². The summed E-state index contributed by atoms with van der Waals surface area (Å²) in [4.78, 5) is 22.1. The number of nitrogens with zero attached hydrogens (tertiary/aromatic N) is 2. The van der Waals surface area contributed by atoms with Gasteiger partial charge < -0.3 is 9.88 Å². The van der Waals surface area contributed by atoms with Gasteiger partial charge in [-0.25, -0.2) is 4.98 Å². The number of H-pyrrole nitrogens is 1. The van der Waals surface area contributed by atoms with Crippen LogP contribution in [0.5, 0.6) is 0 Å². The number of hydrogen-bond acceptors (Lipinski definition) is 2. The van der Waals surface area contributed by atoms with Gasteiger partial charge >= 0.3 is 0 Å². The van der Waals surface area contributed by atoms with Gasteiger partial charge in [0.2, 0.25) is 0 Å². The Balaban J connectivity index is 1.65. The van der Waals surface area contributed by atoms with E-state index in [9.17, 15) is 4.79 Å². The molecule has 2 aromatic heterocycles. The lowest BCUT2D eigenvalue weighted by Crippen LogP contribution is -2.40. The lowest BCUT2D eigenvalue weighted by molar-refractivity contribution is 0.0692. The molecule has 0 atom stereocenters. The highest BCUT2D eigenvalue weighted by Crippen LogP contribution is 2.47. The summed E-state index contributed by atoms with van der Waals surface area (Å²) in [6.45, 7) is 0. The Morgan fingerprint density at radius 3 is 2.70 bits per heavy atom. The summed E-state index contributed by atoms with van der Waals surface area (Å²) in [6.07, 6.45) is 8.69. The Morgan fingerprint density at radius 2 is 2.05 bits per heavy atom. The zero-order valence-electron chi connectivity index (χ0n) is 11.7. The summed E-state index contributed by atoms with van der Waals surface area (Å²) in [6, 6.07) is 4.29. The Labute approximate surface area is 118 Å². The molecule has 2 fully saturated rings. The van der Waals surface area contributed by atoms with E-state index in [0.29, 0.717) is 6.04 Å². The number of fused-ring (bicyclic) bond motifs is 1. The maximum atomic E-state index is 12.8. The fraction of sp³-hybridized carbons (Fsp3) is 0.500. The van der Waals surface area contributed by atoms with Crippen LogP contribution in [0.2, 0.25) is 0 Å². The second-order valence-corrected chi connectivity index (χ2v) is 6.18. The number of rotatable bonds is 4. The summed E-state index contributed by atoms with van der Waals surface area (Å²) in [7, 11) is 1.97. The molecular formula is C16H19N3O. The highest BCUT2D eigenvalue weighted by Gasteiger charge is 2.45. The Bertz CT molecular complexity index is 643. The second-order valence-electron chi connectivity index (χ2n) is 6.18. The summed E-state index contributed by atoms with van der Waals surface area (Å²) in [5.41, 5.74) is 1.54. The molecule has 0 aliphatic heterocycles. The number of aromatic nitrogens is 2. The van der Waals surface area contributed by atoms with E-state index in [1.54, 1.807) is 12.4 Å². The van der Waals surface area contributed by atoms with Crippen LogP contribution in [-0.4, -0.2) is 33.9 Å². The number of hydrogen-bond donors (Lipinski definition) is 1. The van der Waals surface area contributed by atoms with Crippen LogP contribution in [-0.2, 0) is 0 Å². The number of carbonyl (C=O) groups excluding carboxylic acids is 1. The van der Waals surface area contributed by atoms with Gasteiger partial charge in [0.1, 0.15) is 5.65 Å². The molecule has 1 N–H and O–H groups in total. The van der Waals surface area contributed by atoms with E-state index in [1.165, 1.54) is 25.7 Å². The first-order valence-corrected chi connectivity index (χ1v) is 7.45. The topological polar surface area (TPSA) is 49.0 Å². The van der Waals surface area contributed by atoms with Crippen molar-refractivity contribution in [3.63, 3.8) is 0 Å². The molecule has 0 bridgehead atoms. The first-order chi connectivity index (χ1) is 9.75. The average molecular weight is 269 g/mol. The van der Waals surface area contributed by atoms with Gasteiger partial charge in [0.05, 0.1) is 5.56 Å². The molecule has 2 aliphatic carbocycles. The van der Waals surface area contributed by atoms with Crippen molar-refractivity contribution in [3.05, 3.63) is 30.1 Å². The molecule has 4 rings (SSSR count). The van der Waals surface area contributed by atoms with Gasteiger partial charge in [0.25, 0.3) is 5.91 Å².